The molecule has 0 aliphatic rings. The van der Waals surface area contributed by atoms with Crippen molar-refractivity contribution in [2.75, 3.05) is 14.2 Å². The van der Waals surface area contributed by atoms with E-state index < -0.39 is 5.97 Å². The van der Waals surface area contributed by atoms with Crippen LogP contribution in [0.5, 0.6) is 5.19 Å². The van der Waals surface area contributed by atoms with E-state index in [9.17, 15) is 4.79 Å². The molecule has 0 amide bonds. The van der Waals surface area contributed by atoms with Crippen LogP contribution in [-0.4, -0.2) is 25.2 Å². The highest BCUT2D eigenvalue weighted by Crippen LogP contribution is 2.18. The molecule has 0 aliphatic heterocycles. The molecule has 0 unspecified atom stereocenters. The summed E-state index contributed by atoms with van der Waals surface area (Å²) >= 11 is 1.27. The number of rotatable bonds is 1. The maximum atomic E-state index is 10.6. The minimum absolute atomic E-state index is 0.522. The fourth-order valence-corrected chi connectivity index (χ4v) is 1.16. The molecule has 68 valence electrons. The molecular formula is C8H7NO3S. The molecule has 1 aromatic rings. The van der Waals surface area contributed by atoms with Gasteiger partial charge in [-0.15, -0.1) is 0 Å². The van der Waals surface area contributed by atoms with Crippen LogP contribution in [0, 0.1) is 11.8 Å². The third-order valence-corrected chi connectivity index (χ3v) is 2.01. The van der Waals surface area contributed by atoms with Crippen molar-refractivity contribution in [3.63, 3.8) is 0 Å². The van der Waals surface area contributed by atoms with Crippen molar-refractivity contribution in [3.8, 4) is 17.0 Å². The van der Waals surface area contributed by atoms with Crippen LogP contribution in [-0.2, 0) is 9.53 Å². The van der Waals surface area contributed by atoms with Crippen LogP contribution in [0.4, 0.5) is 0 Å². The van der Waals surface area contributed by atoms with E-state index in [1.165, 1.54) is 25.6 Å². The van der Waals surface area contributed by atoms with Crippen molar-refractivity contribution in [2.45, 2.75) is 0 Å². The Balaban J connectivity index is 2.72. The van der Waals surface area contributed by atoms with E-state index in [0.717, 1.165) is 0 Å². The van der Waals surface area contributed by atoms with E-state index >= 15 is 0 Å². The van der Waals surface area contributed by atoms with Gasteiger partial charge in [0.25, 0.3) is 5.19 Å². The molecule has 0 N–H and O–H groups in total. The second-order valence-corrected chi connectivity index (χ2v) is 2.93. The summed E-state index contributed by atoms with van der Waals surface area (Å²) in [5.41, 5.74) is 0. The summed E-state index contributed by atoms with van der Waals surface area (Å²) in [5, 5.41) is 0.522. The molecule has 0 saturated carbocycles. The van der Waals surface area contributed by atoms with Gasteiger partial charge in [0, 0.05) is 5.92 Å². The fraction of sp³-hybridized carbons (Fsp3) is 0.250. The maximum Gasteiger partial charge on any atom is 0.384 e. The largest absolute Gasteiger partial charge is 0.473 e. The lowest BCUT2D eigenvalue weighted by molar-refractivity contribution is -0.133. The van der Waals surface area contributed by atoms with Gasteiger partial charge in [0.05, 0.1) is 20.4 Å². The number of esters is 1. The predicted molar refractivity (Wildman–Crippen MR) is 47.6 cm³/mol. The monoisotopic (exact) mass is 197 g/mol. The molecule has 0 saturated heterocycles. The minimum atomic E-state index is -0.563. The van der Waals surface area contributed by atoms with Gasteiger partial charge < -0.3 is 9.47 Å². The van der Waals surface area contributed by atoms with Crippen LogP contribution < -0.4 is 4.74 Å². The highest BCUT2D eigenvalue weighted by molar-refractivity contribution is 7.13. The van der Waals surface area contributed by atoms with Gasteiger partial charge in [-0.1, -0.05) is 11.3 Å². The molecule has 0 spiro atoms. The Labute approximate surface area is 79.5 Å². The van der Waals surface area contributed by atoms with Gasteiger partial charge in [0.1, 0.15) is 4.88 Å². The predicted octanol–water partition coefficient (Wildman–Crippen LogP) is 0.676. The molecule has 13 heavy (non-hydrogen) atoms. The number of hydrogen-bond acceptors (Lipinski definition) is 5. The molecule has 0 radical (unpaired) electrons. The Morgan fingerprint density at radius 3 is 2.92 bits per heavy atom. The summed E-state index contributed by atoms with van der Waals surface area (Å²) in [6, 6.07) is 0. The summed E-state index contributed by atoms with van der Waals surface area (Å²) in [6.45, 7) is 0. The van der Waals surface area contributed by atoms with E-state index in [2.05, 4.69) is 21.6 Å². The molecule has 1 rings (SSSR count). The molecular weight excluding hydrogens is 190 g/mol. The van der Waals surface area contributed by atoms with Gasteiger partial charge in [-0.05, 0) is 5.92 Å². The average Bonchev–Trinajstić information content (AvgIpc) is 2.61. The Morgan fingerprint density at radius 2 is 2.38 bits per heavy atom. The number of nitrogens with zero attached hydrogens (tertiary/aromatic N) is 1. The smallest absolute Gasteiger partial charge is 0.384 e. The van der Waals surface area contributed by atoms with Crippen molar-refractivity contribution >= 4 is 17.3 Å². The standard InChI is InChI=1S/C8H7NO3S/c1-11-7(10)4-3-6-5-9-8(12-2)13-6/h5H,1-2H3. The first-order chi connectivity index (χ1) is 6.26. The number of carbonyl (C=O) groups excluding carboxylic acids is 1. The zero-order valence-electron chi connectivity index (χ0n) is 7.16. The number of methoxy groups -OCH3 is 2. The van der Waals surface area contributed by atoms with Gasteiger partial charge in [-0.3, -0.25) is 0 Å². The quantitative estimate of drug-likeness (QED) is 0.490. The molecule has 1 heterocycles. The molecule has 0 aliphatic carbocycles. The summed E-state index contributed by atoms with van der Waals surface area (Å²) in [4.78, 5) is 15.2. The lowest BCUT2D eigenvalue weighted by atomic mass is 10.5. The number of ether oxygens (including phenoxy) is 2. The van der Waals surface area contributed by atoms with E-state index in [-0.39, 0.29) is 0 Å². The lowest BCUT2D eigenvalue weighted by Crippen LogP contribution is -1.93. The molecule has 0 fully saturated rings. The Kier molecular flexibility index (Phi) is 3.29. The van der Waals surface area contributed by atoms with Crippen LogP contribution in [0.2, 0.25) is 0 Å². The van der Waals surface area contributed by atoms with E-state index in [0.29, 0.717) is 10.1 Å². The fourth-order valence-electron chi connectivity index (χ4n) is 0.574. The summed E-state index contributed by atoms with van der Waals surface area (Å²) in [6.07, 6.45) is 1.54. The SMILES string of the molecule is COC(=O)C#Cc1cnc(OC)s1. The molecule has 5 heteroatoms. The average molecular weight is 197 g/mol. The highest BCUT2D eigenvalue weighted by atomic mass is 32.1. The van der Waals surface area contributed by atoms with Gasteiger partial charge in [-0.25, -0.2) is 9.78 Å². The molecule has 4 nitrogen and oxygen atoms in total. The van der Waals surface area contributed by atoms with Crippen LogP contribution in [0.3, 0.4) is 0 Å². The van der Waals surface area contributed by atoms with Crippen LogP contribution in [0.1, 0.15) is 4.88 Å². The summed E-state index contributed by atoms with van der Waals surface area (Å²) in [7, 11) is 2.81. The Hall–Kier alpha value is -1.54. The third kappa shape index (κ3) is 2.76. The third-order valence-electron chi connectivity index (χ3n) is 1.13. The van der Waals surface area contributed by atoms with Gasteiger partial charge in [0.15, 0.2) is 0 Å². The Bertz CT molecular complexity index is 361. The zero-order chi connectivity index (χ0) is 9.68. The number of hydrogen-bond donors (Lipinski definition) is 0. The van der Waals surface area contributed by atoms with Gasteiger partial charge in [0.2, 0.25) is 0 Å². The number of carbonyl (C=O) groups is 1. The maximum absolute atomic E-state index is 10.6. The zero-order valence-corrected chi connectivity index (χ0v) is 7.97. The van der Waals surface area contributed by atoms with E-state index in [1.54, 1.807) is 6.20 Å². The van der Waals surface area contributed by atoms with Gasteiger partial charge in [-0.2, -0.15) is 0 Å². The summed E-state index contributed by atoms with van der Waals surface area (Å²) < 4.78 is 9.20. The molecule has 0 atom stereocenters. The van der Waals surface area contributed by atoms with E-state index in [1.807, 2.05) is 0 Å². The van der Waals surface area contributed by atoms with Crippen molar-refractivity contribution in [2.24, 2.45) is 0 Å². The summed E-state index contributed by atoms with van der Waals surface area (Å²) in [5.74, 6) is 4.33. The van der Waals surface area contributed by atoms with E-state index in [4.69, 9.17) is 4.74 Å². The van der Waals surface area contributed by atoms with Crippen molar-refractivity contribution in [3.05, 3.63) is 11.1 Å². The molecule has 1 aromatic heterocycles. The number of aromatic nitrogens is 1. The lowest BCUT2D eigenvalue weighted by Gasteiger charge is -1.85. The van der Waals surface area contributed by atoms with Gasteiger partial charge >= 0.3 is 5.97 Å². The van der Waals surface area contributed by atoms with Crippen LogP contribution in [0.25, 0.3) is 0 Å². The van der Waals surface area contributed by atoms with Crippen molar-refractivity contribution in [1.29, 1.82) is 0 Å². The highest BCUT2D eigenvalue weighted by Gasteiger charge is 1.98. The second-order valence-electron chi connectivity index (χ2n) is 1.94. The second kappa shape index (κ2) is 4.48. The first-order valence-electron chi connectivity index (χ1n) is 3.36. The van der Waals surface area contributed by atoms with Crippen molar-refractivity contribution < 1.29 is 14.3 Å². The van der Waals surface area contributed by atoms with Crippen LogP contribution in [0.15, 0.2) is 6.20 Å². The normalized spacial score (nSPS) is 8.46. The van der Waals surface area contributed by atoms with Crippen molar-refractivity contribution in [1.82, 2.24) is 4.98 Å². The first-order valence-corrected chi connectivity index (χ1v) is 4.17. The van der Waals surface area contributed by atoms with Crippen LogP contribution >= 0.6 is 11.3 Å². The topological polar surface area (TPSA) is 48.4 Å². The first kappa shape index (κ1) is 9.55. The Morgan fingerprint density at radius 1 is 1.62 bits per heavy atom. The molecule has 0 bridgehead atoms. The molecule has 0 aromatic carbocycles. The number of thiazole rings is 1. The minimum Gasteiger partial charge on any atom is -0.473 e.